The predicted molar refractivity (Wildman–Crippen MR) is 75.2 cm³/mol. The lowest BCUT2D eigenvalue weighted by Crippen LogP contribution is -2.27. The van der Waals surface area contributed by atoms with Crippen molar-refractivity contribution in [3.63, 3.8) is 0 Å². The van der Waals surface area contributed by atoms with Crippen molar-refractivity contribution in [1.82, 2.24) is 4.57 Å². The van der Waals surface area contributed by atoms with Crippen molar-refractivity contribution in [2.75, 3.05) is 5.32 Å². The van der Waals surface area contributed by atoms with Crippen molar-refractivity contribution in [2.45, 2.75) is 20.4 Å². The maximum atomic E-state index is 11.9. The molecule has 2 aromatic rings. The molecule has 1 aromatic carbocycles. The third-order valence-corrected chi connectivity index (χ3v) is 2.86. The summed E-state index contributed by atoms with van der Waals surface area (Å²) in [7, 11) is 0. The summed E-state index contributed by atoms with van der Waals surface area (Å²) in [5.41, 5.74) is 2.54. The molecule has 0 saturated carbocycles. The zero-order chi connectivity index (χ0) is 13.8. The van der Waals surface area contributed by atoms with Crippen molar-refractivity contribution in [3.8, 4) is 0 Å². The van der Waals surface area contributed by atoms with Crippen LogP contribution in [0.3, 0.4) is 0 Å². The van der Waals surface area contributed by atoms with Gasteiger partial charge in [-0.25, -0.2) is 0 Å². The Morgan fingerprint density at radius 1 is 1.16 bits per heavy atom. The van der Waals surface area contributed by atoms with E-state index < -0.39 is 0 Å². The number of aryl methyl sites for hydroxylation is 2. The molecule has 98 valence electrons. The van der Waals surface area contributed by atoms with E-state index in [2.05, 4.69) is 5.32 Å². The number of benzene rings is 1. The summed E-state index contributed by atoms with van der Waals surface area (Å²) in [5, 5.41) is 2.81. The Labute approximate surface area is 111 Å². The van der Waals surface area contributed by atoms with E-state index in [-0.39, 0.29) is 18.0 Å². The smallest absolute Gasteiger partial charge is 0.251 e. The number of hydrogen-bond donors (Lipinski definition) is 1. The van der Waals surface area contributed by atoms with Gasteiger partial charge in [0.15, 0.2) is 0 Å². The first-order valence-corrected chi connectivity index (χ1v) is 6.09. The molecule has 0 saturated heterocycles. The van der Waals surface area contributed by atoms with Crippen LogP contribution in [0.25, 0.3) is 0 Å². The van der Waals surface area contributed by atoms with Gasteiger partial charge in [0, 0.05) is 18.0 Å². The van der Waals surface area contributed by atoms with Crippen molar-refractivity contribution in [3.05, 3.63) is 64.1 Å². The molecule has 1 N–H and O–H groups in total. The predicted octanol–water partition coefficient (Wildman–Crippen LogP) is 2.10. The lowest BCUT2D eigenvalue weighted by Gasteiger charge is -2.09. The minimum absolute atomic E-state index is 0.0227. The number of nitrogens with zero attached hydrogens (tertiary/aromatic N) is 1. The molecule has 0 aliphatic heterocycles. The fourth-order valence-corrected chi connectivity index (χ4v) is 1.83. The SMILES string of the molecule is Cc1ccc(=O)n(CC(=O)Nc2ccccc2C)c1. The summed E-state index contributed by atoms with van der Waals surface area (Å²) < 4.78 is 1.41. The van der Waals surface area contributed by atoms with E-state index >= 15 is 0 Å². The number of hydrogen-bond acceptors (Lipinski definition) is 2. The summed E-state index contributed by atoms with van der Waals surface area (Å²) >= 11 is 0. The van der Waals surface area contributed by atoms with Gasteiger partial charge in [-0.3, -0.25) is 9.59 Å². The Morgan fingerprint density at radius 2 is 1.89 bits per heavy atom. The second-order valence-corrected chi connectivity index (χ2v) is 4.54. The van der Waals surface area contributed by atoms with Crippen LogP contribution in [0.15, 0.2) is 47.4 Å². The van der Waals surface area contributed by atoms with Crippen LogP contribution < -0.4 is 10.9 Å². The van der Waals surface area contributed by atoms with Crippen LogP contribution >= 0.6 is 0 Å². The average molecular weight is 256 g/mol. The number of amides is 1. The molecule has 0 aliphatic carbocycles. The van der Waals surface area contributed by atoms with E-state index in [9.17, 15) is 9.59 Å². The normalized spacial score (nSPS) is 10.2. The maximum absolute atomic E-state index is 11.9. The van der Waals surface area contributed by atoms with Crippen LogP contribution in [-0.4, -0.2) is 10.5 Å². The monoisotopic (exact) mass is 256 g/mol. The largest absolute Gasteiger partial charge is 0.324 e. The zero-order valence-electron chi connectivity index (χ0n) is 11.0. The van der Waals surface area contributed by atoms with Gasteiger partial charge in [0.25, 0.3) is 5.56 Å². The van der Waals surface area contributed by atoms with E-state index in [1.165, 1.54) is 10.6 Å². The van der Waals surface area contributed by atoms with Gasteiger partial charge in [0.2, 0.25) is 5.91 Å². The van der Waals surface area contributed by atoms with E-state index in [1.807, 2.05) is 38.1 Å². The second kappa shape index (κ2) is 5.52. The Kier molecular flexibility index (Phi) is 3.80. The number of pyridine rings is 1. The highest BCUT2D eigenvalue weighted by molar-refractivity contribution is 5.91. The Bertz CT molecular complexity index is 659. The summed E-state index contributed by atoms with van der Waals surface area (Å²) in [4.78, 5) is 23.5. The Hall–Kier alpha value is -2.36. The van der Waals surface area contributed by atoms with E-state index in [1.54, 1.807) is 12.3 Å². The van der Waals surface area contributed by atoms with Crippen molar-refractivity contribution in [1.29, 1.82) is 0 Å². The fraction of sp³-hybridized carbons (Fsp3) is 0.200. The minimum Gasteiger partial charge on any atom is -0.324 e. The third-order valence-electron chi connectivity index (χ3n) is 2.86. The van der Waals surface area contributed by atoms with Gasteiger partial charge in [-0.2, -0.15) is 0 Å². The molecule has 0 spiro atoms. The van der Waals surface area contributed by atoms with Crippen LogP contribution in [0.1, 0.15) is 11.1 Å². The van der Waals surface area contributed by atoms with E-state index in [0.29, 0.717) is 0 Å². The molecule has 1 heterocycles. The molecule has 2 rings (SSSR count). The first-order valence-electron chi connectivity index (χ1n) is 6.09. The summed E-state index contributed by atoms with van der Waals surface area (Å²) in [5.74, 6) is -0.206. The Balaban J connectivity index is 2.12. The van der Waals surface area contributed by atoms with Gasteiger partial charge in [0.1, 0.15) is 6.54 Å². The van der Waals surface area contributed by atoms with Crippen LogP contribution in [0, 0.1) is 13.8 Å². The van der Waals surface area contributed by atoms with E-state index in [4.69, 9.17) is 0 Å². The number of rotatable bonds is 3. The molecule has 1 aromatic heterocycles. The van der Waals surface area contributed by atoms with Crippen LogP contribution in [0.2, 0.25) is 0 Å². The van der Waals surface area contributed by atoms with Gasteiger partial charge in [-0.15, -0.1) is 0 Å². The van der Waals surface area contributed by atoms with E-state index in [0.717, 1.165) is 16.8 Å². The molecule has 0 radical (unpaired) electrons. The summed E-state index contributed by atoms with van der Waals surface area (Å²) in [6.45, 7) is 3.83. The molecule has 4 heteroatoms. The molecular weight excluding hydrogens is 240 g/mol. The first kappa shape index (κ1) is 13.1. The standard InChI is InChI=1S/C15H16N2O2/c1-11-7-8-15(19)17(9-11)10-14(18)16-13-6-4-3-5-12(13)2/h3-9H,10H2,1-2H3,(H,16,18). The number of carbonyl (C=O) groups excluding carboxylic acids is 1. The highest BCUT2D eigenvalue weighted by Crippen LogP contribution is 2.12. The molecule has 1 amide bonds. The lowest BCUT2D eigenvalue weighted by atomic mass is 10.2. The third kappa shape index (κ3) is 3.31. The van der Waals surface area contributed by atoms with Crippen molar-refractivity contribution < 1.29 is 4.79 Å². The average Bonchev–Trinajstić information content (AvgIpc) is 2.37. The highest BCUT2D eigenvalue weighted by atomic mass is 16.2. The second-order valence-electron chi connectivity index (χ2n) is 4.54. The number of carbonyl (C=O) groups is 1. The Morgan fingerprint density at radius 3 is 2.63 bits per heavy atom. The molecule has 19 heavy (non-hydrogen) atoms. The molecule has 0 fully saturated rings. The number of aromatic nitrogens is 1. The maximum Gasteiger partial charge on any atom is 0.251 e. The highest BCUT2D eigenvalue weighted by Gasteiger charge is 2.06. The van der Waals surface area contributed by atoms with Gasteiger partial charge in [0.05, 0.1) is 0 Å². The van der Waals surface area contributed by atoms with Gasteiger partial charge in [-0.05, 0) is 31.0 Å². The number of anilines is 1. The molecule has 0 aliphatic rings. The summed E-state index contributed by atoms with van der Waals surface area (Å²) in [6, 6.07) is 10.7. The fourth-order valence-electron chi connectivity index (χ4n) is 1.83. The van der Waals surface area contributed by atoms with Crippen LogP contribution in [0.5, 0.6) is 0 Å². The topological polar surface area (TPSA) is 51.1 Å². The van der Waals surface area contributed by atoms with Gasteiger partial charge < -0.3 is 9.88 Å². The van der Waals surface area contributed by atoms with Crippen LogP contribution in [0.4, 0.5) is 5.69 Å². The summed E-state index contributed by atoms with van der Waals surface area (Å²) in [6.07, 6.45) is 1.68. The quantitative estimate of drug-likeness (QED) is 0.914. The molecular formula is C15H16N2O2. The number of para-hydroxylation sites is 1. The van der Waals surface area contributed by atoms with Gasteiger partial charge in [-0.1, -0.05) is 24.3 Å². The zero-order valence-corrected chi connectivity index (χ0v) is 11.0. The minimum atomic E-state index is -0.206. The lowest BCUT2D eigenvalue weighted by molar-refractivity contribution is -0.116. The first-order chi connectivity index (χ1) is 9.06. The number of nitrogens with one attached hydrogen (secondary N) is 1. The van der Waals surface area contributed by atoms with Gasteiger partial charge >= 0.3 is 0 Å². The molecule has 0 atom stereocenters. The van der Waals surface area contributed by atoms with Crippen molar-refractivity contribution in [2.24, 2.45) is 0 Å². The molecule has 0 bridgehead atoms. The molecule has 4 nitrogen and oxygen atoms in total. The molecule has 0 unspecified atom stereocenters. The van der Waals surface area contributed by atoms with Crippen molar-refractivity contribution >= 4 is 11.6 Å². The van der Waals surface area contributed by atoms with Crippen LogP contribution in [-0.2, 0) is 11.3 Å².